The summed E-state index contributed by atoms with van der Waals surface area (Å²) < 4.78 is 0. The Balaban J connectivity index is 3.59. The molecule has 0 aromatic heterocycles. The van der Waals surface area contributed by atoms with Crippen LogP contribution in [0.5, 0.6) is 0 Å². The molecule has 0 saturated heterocycles. The predicted molar refractivity (Wildman–Crippen MR) is 79.5 cm³/mol. The number of unbranched alkanes of at least 4 members (excludes halogenated alkanes) is 4. The molecular weight excluding hydrogens is 206 g/mol. The van der Waals surface area contributed by atoms with Crippen molar-refractivity contribution in [2.45, 2.75) is 84.6 Å². The van der Waals surface area contributed by atoms with Gasteiger partial charge in [-0.25, -0.2) is 0 Å². The lowest BCUT2D eigenvalue weighted by Crippen LogP contribution is -2.29. The average molecular weight is 239 g/mol. The maximum Gasteiger partial charge on any atom is 0.0101 e. The molecule has 0 aliphatic carbocycles. The topological polar surface area (TPSA) is 12.0 Å². The van der Waals surface area contributed by atoms with E-state index in [4.69, 9.17) is 0 Å². The minimum atomic E-state index is 0.703. The zero-order chi connectivity index (χ0) is 12.8. The Kier molecular flexibility index (Phi) is 13.5. The first kappa shape index (κ1) is 16.7. The second-order valence-corrected chi connectivity index (χ2v) is 5.00. The van der Waals surface area contributed by atoms with Gasteiger partial charge in [-0.15, -0.1) is 0 Å². The van der Waals surface area contributed by atoms with Crippen molar-refractivity contribution in [3.05, 3.63) is 12.2 Å². The molecular formula is C16H33N. The third-order valence-electron chi connectivity index (χ3n) is 3.16. The van der Waals surface area contributed by atoms with Gasteiger partial charge in [0.1, 0.15) is 0 Å². The fourth-order valence-electron chi connectivity index (χ4n) is 2.03. The fourth-order valence-corrected chi connectivity index (χ4v) is 2.03. The summed E-state index contributed by atoms with van der Waals surface area (Å²) in [4.78, 5) is 0. The van der Waals surface area contributed by atoms with E-state index >= 15 is 0 Å². The van der Waals surface area contributed by atoms with E-state index in [0.29, 0.717) is 6.04 Å². The van der Waals surface area contributed by atoms with Gasteiger partial charge in [0.05, 0.1) is 0 Å². The van der Waals surface area contributed by atoms with E-state index in [2.05, 4.69) is 38.2 Å². The molecule has 0 amide bonds. The van der Waals surface area contributed by atoms with Crippen molar-refractivity contribution in [1.29, 1.82) is 0 Å². The van der Waals surface area contributed by atoms with Crippen molar-refractivity contribution in [1.82, 2.24) is 5.32 Å². The van der Waals surface area contributed by atoms with Gasteiger partial charge in [-0.2, -0.15) is 0 Å². The molecule has 1 unspecified atom stereocenters. The van der Waals surface area contributed by atoms with Gasteiger partial charge in [0, 0.05) is 6.04 Å². The number of nitrogens with one attached hydrogen (secondary N) is 1. The molecule has 102 valence electrons. The summed E-state index contributed by atoms with van der Waals surface area (Å²) in [6, 6.07) is 0.703. The summed E-state index contributed by atoms with van der Waals surface area (Å²) in [6.07, 6.45) is 16.5. The van der Waals surface area contributed by atoms with Crippen LogP contribution in [0.15, 0.2) is 12.2 Å². The highest BCUT2D eigenvalue weighted by Gasteiger charge is 2.03. The highest BCUT2D eigenvalue weighted by molar-refractivity contribution is 4.86. The zero-order valence-electron chi connectivity index (χ0n) is 12.3. The van der Waals surface area contributed by atoms with E-state index in [1.807, 2.05) is 0 Å². The lowest BCUT2D eigenvalue weighted by Gasteiger charge is -2.16. The molecule has 1 nitrogen and oxygen atoms in total. The Hall–Kier alpha value is -0.300. The summed E-state index contributed by atoms with van der Waals surface area (Å²) in [5.74, 6) is 0. The zero-order valence-corrected chi connectivity index (χ0v) is 12.3. The van der Waals surface area contributed by atoms with Crippen LogP contribution in [-0.2, 0) is 0 Å². The highest BCUT2D eigenvalue weighted by atomic mass is 14.9. The molecule has 1 atom stereocenters. The molecule has 0 aromatic carbocycles. The van der Waals surface area contributed by atoms with Crippen molar-refractivity contribution in [3.63, 3.8) is 0 Å². The van der Waals surface area contributed by atoms with Gasteiger partial charge in [0.15, 0.2) is 0 Å². The normalized spacial score (nSPS) is 13.4. The molecule has 0 heterocycles. The molecule has 0 saturated carbocycles. The van der Waals surface area contributed by atoms with Crippen LogP contribution in [0.25, 0.3) is 0 Å². The number of allylic oxidation sites excluding steroid dienone is 1. The van der Waals surface area contributed by atoms with Crippen LogP contribution in [0, 0.1) is 0 Å². The van der Waals surface area contributed by atoms with E-state index in [9.17, 15) is 0 Å². The first-order chi connectivity index (χ1) is 8.35. The van der Waals surface area contributed by atoms with Crippen molar-refractivity contribution in [2.24, 2.45) is 0 Å². The van der Waals surface area contributed by atoms with Gasteiger partial charge in [0.25, 0.3) is 0 Å². The second kappa shape index (κ2) is 13.8. The molecule has 0 aliphatic rings. The number of hydrogen-bond acceptors (Lipinski definition) is 1. The van der Waals surface area contributed by atoms with Crippen molar-refractivity contribution in [3.8, 4) is 0 Å². The standard InChI is InChI=1S/C16H33N/c1-4-7-9-10-11-12-14-16(13-6-3)17-15-8-5-2/h11-12,16-17H,4-10,13-15H2,1-3H3/b12-11+. The highest BCUT2D eigenvalue weighted by Crippen LogP contribution is 2.05. The van der Waals surface area contributed by atoms with Crippen molar-refractivity contribution in [2.75, 3.05) is 6.54 Å². The maximum atomic E-state index is 3.67. The third kappa shape index (κ3) is 12.0. The van der Waals surface area contributed by atoms with Crippen LogP contribution in [0.1, 0.15) is 78.6 Å². The average Bonchev–Trinajstić information content (AvgIpc) is 2.34. The van der Waals surface area contributed by atoms with Crippen LogP contribution >= 0.6 is 0 Å². The third-order valence-corrected chi connectivity index (χ3v) is 3.16. The van der Waals surface area contributed by atoms with E-state index in [0.717, 1.165) is 0 Å². The van der Waals surface area contributed by atoms with E-state index in [1.54, 1.807) is 0 Å². The summed E-state index contributed by atoms with van der Waals surface area (Å²) in [7, 11) is 0. The molecule has 0 spiro atoms. The minimum absolute atomic E-state index is 0.703. The molecule has 1 heteroatoms. The Bertz CT molecular complexity index is 163. The maximum absolute atomic E-state index is 3.67. The van der Waals surface area contributed by atoms with Crippen LogP contribution in [0.4, 0.5) is 0 Å². The first-order valence-electron chi connectivity index (χ1n) is 7.73. The van der Waals surface area contributed by atoms with Gasteiger partial charge < -0.3 is 5.32 Å². The first-order valence-corrected chi connectivity index (χ1v) is 7.73. The molecule has 0 aromatic rings. The molecule has 0 rings (SSSR count). The predicted octanol–water partition coefficient (Wildman–Crippen LogP) is 5.07. The van der Waals surface area contributed by atoms with Gasteiger partial charge in [-0.3, -0.25) is 0 Å². The van der Waals surface area contributed by atoms with E-state index < -0.39 is 0 Å². The minimum Gasteiger partial charge on any atom is -0.314 e. The molecule has 17 heavy (non-hydrogen) atoms. The number of rotatable bonds is 12. The Morgan fingerprint density at radius 1 is 0.882 bits per heavy atom. The van der Waals surface area contributed by atoms with Gasteiger partial charge in [-0.05, 0) is 38.6 Å². The molecule has 1 N–H and O–H groups in total. The summed E-state index contributed by atoms with van der Waals surface area (Å²) in [6.45, 7) is 7.98. The summed E-state index contributed by atoms with van der Waals surface area (Å²) >= 11 is 0. The van der Waals surface area contributed by atoms with Gasteiger partial charge >= 0.3 is 0 Å². The summed E-state index contributed by atoms with van der Waals surface area (Å²) in [5.41, 5.74) is 0. The Morgan fingerprint density at radius 2 is 1.65 bits per heavy atom. The van der Waals surface area contributed by atoms with Gasteiger partial charge in [-0.1, -0.05) is 58.6 Å². The number of hydrogen-bond donors (Lipinski definition) is 1. The fraction of sp³-hybridized carbons (Fsp3) is 0.875. The molecule has 0 bridgehead atoms. The molecule has 0 radical (unpaired) electrons. The molecule has 0 aliphatic heterocycles. The van der Waals surface area contributed by atoms with Crippen molar-refractivity contribution < 1.29 is 0 Å². The van der Waals surface area contributed by atoms with Crippen LogP contribution in [-0.4, -0.2) is 12.6 Å². The Morgan fingerprint density at radius 3 is 2.29 bits per heavy atom. The summed E-state index contributed by atoms with van der Waals surface area (Å²) in [5, 5.41) is 3.67. The molecule has 0 fully saturated rings. The van der Waals surface area contributed by atoms with Gasteiger partial charge in [0.2, 0.25) is 0 Å². The van der Waals surface area contributed by atoms with E-state index in [1.165, 1.54) is 64.3 Å². The lowest BCUT2D eigenvalue weighted by atomic mass is 10.1. The monoisotopic (exact) mass is 239 g/mol. The van der Waals surface area contributed by atoms with E-state index in [-0.39, 0.29) is 0 Å². The van der Waals surface area contributed by atoms with Crippen molar-refractivity contribution >= 4 is 0 Å². The SMILES string of the molecule is CCCCC/C=C/CC(CCC)NCCCC. The Labute approximate surface area is 109 Å². The second-order valence-electron chi connectivity index (χ2n) is 5.00. The smallest absolute Gasteiger partial charge is 0.0101 e. The van der Waals surface area contributed by atoms with Crippen LogP contribution in [0.2, 0.25) is 0 Å². The largest absolute Gasteiger partial charge is 0.314 e. The lowest BCUT2D eigenvalue weighted by molar-refractivity contribution is 0.471. The van der Waals surface area contributed by atoms with Crippen LogP contribution < -0.4 is 5.32 Å². The van der Waals surface area contributed by atoms with Crippen LogP contribution in [0.3, 0.4) is 0 Å². The quantitative estimate of drug-likeness (QED) is 0.370.